The lowest BCUT2D eigenvalue weighted by Crippen LogP contribution is -2.44. The van der Waals surface area contributed by atoms with Crippen LogP contribution in [0.15, 0.2) is 33.4 Å². The Balaban J connectivity index is 2.03. The lowest BCUT2D eigenvalue weighted by atomic mass is 9.72. The zero-order chi connectivity index (χ0) is 17.7. The van der Waals surface area contributed by atoms with Crippen LogP contribution in [0.2, 0.25) is 0 Å². The summed E-state index contributed by atoms with van der Waals surface area (Å²) in [5.41, 5.74) is -0.601. The maximum Gasteiger partial charge on any atom is 0.243 e. The van der Waals surface area contributed by atoms with Gasteiger partial charge in [0.05, 0.1) is 41.3 Å². The summed E-state index contributed by atoms with van der Waals surface area (Å²) in [6, 6.07) is 7.46. The Hall–Kier alpha value is -2.71. The Morgan fingerprint density at radius 3 is 2.83 bits per heavy atom. The van der Waals surface area contributed by atoms with Gasteiger partial charge in [-0.2, -0.15) is 10.5 Å². The van der Waals surface area contributed by atoms with Gasteiger partial charge in [-0.25, -0.2) is 0 Å². The van der Waals surface area contributed by atoms with E-state index in [1.54, 1.807) is 26.0 Å². The minimum atomic E-state index is -0.940. The predicted octanol–water partition coefficient (Wildman–Crippen LogP) is 1.66. The van der Waals surface area contributed by atoms with Gasteiger partial charge in [0.15, 0.2) is 0 Å². The predicted molar refractivity (Wildman–Crippen MR) is 86.7 cm³/mol. The fraction of sp³-hybridized carbons (Fsp3) is 0.375. The second-order valence-corrected chi connectivity index (χ2v) is 6.72. The summed E-state index contributed by atoms with van der Waals surface area (Å²) >= 11 is 1.07. The van der Waals surface area contributed by atoms with E-state index in [0.29, 0.717) is 16.4 Å². The molecule has 1 aliphatic heterocycles. The number of rotatable bonds is 5. The highest BCUT2D eigenvalue weighted by Crippen LogP contribution is 2.41. The first-order valence-corrected chi connectivity index (χ1v) is 8.16. The molecule has 0 saturated carbocycles. The van der Waals surface area contributed by atoms with Crippen molar-refractivity contribution in [1.29, 1.82) is 10.5 Å². The van der Waals surface area contributed by atoms with E-state index in [1.165, 1.54) is 6.26 Å². The van der Waals surface area contributed by atoms with Crippen molar-refractivity contribution in [2.24, 2.45) is 11.3 Å². The number of nitriles is 2. The molecule has 2 amide bonds. The summed E-state index contributed by atoms with van der Waals surface area (Å²) in [5.74, 6) is -0.983. The van der Waals surface area contributed by atoms with Crippen LogP contribution in [-0.2, 0) is 16.1 Å². The molecule has 124 valence electrons. The molecular formula is C16H16N4O3S. The van der Waals surface area contributed by atoms with Gasteiger partial charge in [0, 0.05) is 5.41 Å². The number of allylic oxidation sites excluding steroid dienone is 1. The van der Waals surface area contributed by atoms with Crippen molar-refractivity contribution < 1.29 is 14.0 Å². The van der Waals surface area contributed by atoms with Crippen molar-refractivity contribution in [3.05, 3.63) is 34.8 Å². The molecule has 1 atom stereocenters. The van der Waals surface area contributed by atoms with Crippen molar-refractivity contribution in [2.75, 3.05) is 5.75 Å². The topological polar surface area (TPSA) is 119 Å². The molecule has 0 unspecified atom stereocenters. The summed E-state index contributed by atoms with van der Waals surface area (Å²) in [4.78, 5) is 23.9. The third-order valence-electron chi connectivity index (χ3n) is 3.72. The van der Waals surface area contributed by atoms with E-state index in [1.807, 2.05) is 6.07 Å². The molecule has 1 aromatic heterocycles. The van der Waals surface area contributed by atoms with Gasteiger partial charge in [-0.15, -0.1) is 0 Å². The van der Waals surface area contributed by atoms with Gasteiger partial charge in [0.2, 0.25) is 11.8 Å². The van der Waals surface area contributed by atoms with E-state index >= 15 is 0 Å². The maximum absolute atomic E-state index is 12.0. The van der Waals surface area contributed by atoms with Gasteiger partial charge in [-0.1, -0.05) is 25.6 Å². The standard InChI is InChI=1S/C16H16N4O3S/c1-16(2)11(6-17)14(22)20-15(12(16)7-18)24-9-13(21)19-8-10-4-3-5-23-10/h3-5,11H,8-9H2,1-2H3,(H,19,21)(H,20,22)/t11-/m0/s1. The number of furan rings is 1. The van der Waals surface area contributed by atoms with Crippen LogP contribution in [0.1, 0.15) is 19.6 Å². The van der Waals surface area contributed by atoms with E-state index in [4.69, 9.17) is 9.68 Å². The van der Waals surface area contributed by atoms with Crippen molar-refractivity contribution >= 4 is 23.6 Å². The molecule has 2 heterocycles. The van der Waals surface area contributed by atoms with Crippen LogP contribution in [0.4, 0.5) is 0 Å². The number of nitrogens with zero attached hydrogens (tertiary/aromatic N) is 2. The first-order chi connectivity index (χ1) is 11.4. The van der Waals surface area contributed by atoms with Crippen molar-refractivity contribution in [1.82, 2.24) is 10.6 Å². The molecule has 0 saturated heterocycles. The highest BCUT2D eigenvalue weighted by atomic mass is 32.2. The van der Waals surface area contributed by atoms with E-state index in [2.05, 4.69) is 16.7 Å². The van der Waals surface area contributed by atoms with Gasteiger partial charge < -0.3 is 15.1 Å². The van der Waals surface area contributed by atoms with Crippen LogP contribution in [0, 0.1) is 34.0 Å². The number of carbonyl (C=O) groups excluding carboxylic acids is 2. The van der Waals surface area contributed by atoms with Gasteiger partial charge in [-0.05, 0) is 12.1 Å². The minimum Gasteiger partial charge on any atom is -0.467 e. The Labute approximate surface area is 143 Å². The Bertz CT molecular complexity index is 753. The minimum absolute atomic E-state index is 0.0365. The largest absolute Gasteiger partial charge is 0.467 e. The number of nitrogens with one attached hydrogen (secondary N) is 2. The molecule has 0 radical (unpaired) electrons. The first kappa shape index (κ1) is 17.6. The molecule has 7 nitrogen and oxygen atoms in total. The molecular weight excluding hydrogens is 328 g/mol. The molecule has 0 aliphatic carbocycles. The van der Waals surface area contributed by atoms with Gasteiger partial charge in [0.1, 0.15) is 11.7 Å². The highest BCUT2D eigenvalue weighted by molar-refractivity contribution is 8.03. The number of hydrogen-bond acceptors (Lipinski definition) is 6. The third kappa shape index (κ3) is 3.61. The van der Waals surface area contributed by atoms with Gasteiger partial charge >= 0.3 is 0 Å². The second-order valence-electron chi connectivity index (χ2n) is 5.73. The summed E-state index contributed by atoms with van der Waals surface area (Å²) < 4.78 is 5.12. The Morgan fingerprint density at radius 2 is 2.25 bits per heavy atom. The van der Waals surface area contributed by atoms with Crippen molar-refractivity contribution in [2.45, 2.75) is 20.4 Å². The molecule has 0 spiro atoms. The number of thioether (sulfide) groups is 1. The maximum atomic E-state index is 12.0. The summed E-state index contributed by atoms with van der Waals surface area (Å²) in [6.07, 6.45) is 1.52. The van der Waals surface area contributed by atoms with Crippen LogP contribution < -0.4 is 10.6 Å². The average Bonchev–Trinajstić information content (AvgIpc) is 3.03. The van der Waals surface area contributed by atoms with Crippen molar-refractivity contribution in [3.63, 3.8) is 0 Å². The van der Waals surface area contributed by atoms with Crippen molar-refractivity contribution in [3.8, 4) is 12.1 Å². The van der Waals surface area contributed by atoms with E-state index in [0.717, 1.165) is 11.8 Å². The van der Waals surface area contributed by atoms with E-state index < -0.39 is 17.2 Å². The van der Waals surface area contributed by atoms with Crippen LogP contribution in [0.25, 0.3) is 0 Å². The highest BCUT2D eigenvalue weighted by Gasteiger charge is 2.44. The molecule has 0 fully saturated rings. The van der Waals surface area contributed by atoms with Crippen LogP contribution in [0.5, 0.6) is 0 Å². The molecule has 2 N–H and O–H groups in total. The molecule has 1 aliphatic rings. The van der Waals surface area contributed by atoms with Crippen LogP contribution >= 0.6 is 11.8 Å². The average molecular weight is 344 g/mol. The van der Waals surface area contributed by atoms with Gasteiger partial charge in [0.25, 0.3) is 0 Å². The van der Waals surface area contributed by atoms with Crippen LogP contribution in [-0.4, -0.2) is 17.6 Å². The molecule has 8 heteroatoms. The smallest absolute Gasteiger partial charge is 0.243 e. The summed E-state index contributed by atoms with van der Waals surface area (Å²) in [5, 5.41) is 24.1. The third-order valence-corrected chi connectivity index (χ3v) is 4.72. The molecule has 0 bridgehead atoms. The number of hydrogen-bond donors (Lipinski definition) is 2. The lowest BCUT2D eigenvalue weighted by Gasteiger charge is -2.34. The summed E-state index contributed by atoms with van der Waals surface area (Å²) in [7, 11) is 0. The molecule has 2 rings (SSSR count). The monoisotopic (exact) mass is 344 g/mol. The quantitative estimate of drug-likeness (QED) is 0.838. The van der Waals surface area contributed by atoms with Crippen LogP contribution in [0.3, 0.4) is 0 Å². The number of carbonyl (C=O) groups is 2. The zero-order valence-electron chi connectivity index (χ0n) is 13.3. The molecule has 1 aromatic rings. The lowest BCUT2D eigenvalue weighted by molar-refractivity contribution is -0.125. The number of amides is 2. The second kappa shape index (κ2) is 7.24. The Morgan fingerprint density at radius 1 is 1.50 bits per heavy atom. The fourth-order valence-electron chi connectivity index (χ4n) is 2.32. The molecule has 24 heavy (non-hydrogen) atoms. The summed E-state index contributed by atoms with van der Waals surface area (Å²) in [6.45, 7) is 3.62. The SMILES string of the molecule is CC1(C)C(C#N)=C(SCC(=O)NCc2ccco2)NC(=O)[C@@H]1C#N. The normalized spacial score (nSPS) is 19.2. The first-order valence-electron chi connectivity index (χ1n) is 7.17. The van der Waals surface area contributed by atoms with Gasteiger partial charge in [-0.3, -0.25) is 9.59 Å². The Kier molecular flexibility index (Phi) is 5.32. The zero-order valence-corrected chi connectivity index (χ0v) is 14.1. The fourth-order valence-corrected chi connectivity index (χ4v) is 3.33. The van der Waals surface area contributed by atoms with E-state index in [-0.39, 0.29) is 18.2 Å². The molecule has 0 aromatic carbocycles. The van der Waals surface area contributed by atoms with E-state index in [9.17, 15) is 14.9 Å².